The van der Waals surface area contributed by atoms with E-state index in [-0.39, 0.29) is 11.6 Å². The summed E-state index contributed by atoms with van der Waals surface area (Å²) in [6, 6.07) is 10.1. The van der Waals surface area contributed by atoms with E-state index in [0.717, 1.165) is 11.1 Å². The summed E-state index contributed by atoms with van der Waals surface area (Å²) in [5.74, 6) is -0.267. The first kappa shape index (κ1) is 16.8. The van der Waals surface area contributed by atoms with E-state index in [2.05, 4.69) is 4.72 Å². The van der Waals surface area contributed by atoms with E-state index in [4.69, 9.17) is 11.6 Å². The maximum Gasteiger partial charge on any atom is 0.256 e. The topological polar surface area (TPSA) is 66.5 Å². The third kappa shape index (κ3) is 4.46. The Kier molecular flexibility index (Phi) is 5.10. The van der Waals surface area contributed by atoms with Crippen LogP contribution in [0.5, 0.6) is 0 Å². The number of hydrogen-bond donors (Lipinski definition) is 1. The van der Waals surface area contributed by atoms with E-state index >= 15 is 0 Å². The Morgan fingerprint density at radius 1 is 1.27 bits per heavy atom. The number of carbonyl (C=O) groups excluding carboxylic acids is 1. The van der Waals surface area contributed by atoms with Gasteiger partial charge in [-0.15, -0.1) is 11.3 Å². The van der Waals surface area contributed by atoms with E-state index in [1.165, 1.54) is 16.2 Å². The number of hydrogen-bond acceptors (Lipinski definition) is 4. The van der Waals surface area contributed by atoms with Crippen molar-refractivity contribution in [1.82, 2.24) is 4.90 Å². The highest BCUT2D eigenvalue weighted by atomic mass is 35.5. The molecule has 0 unspecified atom stereocenters. The third-order valence-electron chi connectivity index (χ3n) is 2.82. The first-order chi connectivity index (χ1) is 10.3. The van der Waals surface area contributed by atoms with E-state index in [9.17, 15) is 13.2 Å². The first-order valence-corrected chi connectivity index (χ1v) is 9.41. The molecule has 0 atom stereocenters. The molecule has 1 N–H and O–H groups in total. The van der Waals surface area contributed by atoms with Gasteiger partial charge in [0.05, 0.1) is 28.4 Å². The summed E-state index contributed by atoms with van der Waals surface area (Å²) in [6.07, 6.45) is 1.05. The minimum absolute atomic E-state index is 0.267. The molecule has 0 aliphatic rings. The minimum Gasteiger partial charge on any atom is -0.336 e. The van der Waals surface area contributed by atoms with Gasteiger partial charge in [-0.3, -0.25) is 9.52 Å². The fourth-order valence-corrected chi connectivity index (χ4v) is 3.62. The maximum absolute atomic E-state index is 12.5. The summed E-state index contributed by atoms with van der Waals surface area (Å²) < 4.78 is 25.8. The number of benzene rings is 1. The van der Waals surface area contributed by atoms with E-state index < -0.39 is 10.0 Å². The van der Waals surface area contributed by atoms with Gasteiger partial charge in [-0.1, -0.05) is 23.7 Å². The molecule has 5 nitrogen and oxygen atoms in total. The molecule has 0 saturated heterocycles. The molecule has 2 rings (SSSR count). The van der Waals surface area contributed by atoms with Crippen molar-refractivity contribution in [2.24, 2.45) is 0 Å². The van der Waals surface area contributed by atoms with Crippen molar-refractivity contribution in [3.8, 4) is 0 Å². The second-order valence-electron chi connectivity index (χ2n) is 4.79. The molecule has 1 amide bonds. The second kappa shape index (κ2) is 6.68. The number of amides is 1. The van der Waals surface area contributed by atoms with Crippen LogP contribution in [0.4, 0.5) is 5.69 Å². The lowest BCUT2D eigenvalue weighted by molar-refractivity contribution is 0.0787. The van der Waals surface area contributed by atoms with Crippen molar-refractivity contribution in [2.75, 3.05) is 18.0 Å². The van der Waals surface area contributed by atoms with Crippen LogP contribution < -0.4 is 4.72 Å². The molecule has 0 spiro atoms. The van der Waals surface area contributed by atoms with Gasteiger partial charge in [0.15, 0.2) is 0 Å². The van der Waals surface area contributed by atoms with Crippen LogP contribution in [0.3, 0.4) is 0 Å². The van der Waals surface area contributed by atoms with Crippen molar-refractivity contribution < 1.29 is 13.2 Å². The molecule has 2 aromatic rings. The molecular weight excluding hydrogens is 344 g/mol. The summed E-state index contributed by atoms with van der Waals surface area (Å²) in [4.78, 5) is 15.0. The summed E-state index contributed by atoms with van der Waals surface area (Å²) in [6.45, 7) is 0.406. The fourth-order valence-electron chi connectivity index (χ4n) is 1.91. The molecule has 0 saturated carbocycles. The fraction of sp³-hybridized carbons (Fsp3) is 0.214. The highest BCUT2D eigenvalue weighted by Gasteiger charge is 2.18. The van der Waals surface area contributed by atoms with E-state index in [1.807, 2.05) is 6.07 Å². The Bertz CT molecular complexity index is 787. The van der Waals surface area contributed by atoms with E-state index in [0.29, 0.717) is 16.4 Å². The van der Waals surface area contributed by atoms with Crippen LogP contribution in [0.1, 0.15) is 15.2 Å². The van der Waals surface area contributed by atoms with Gasteiger partial charge in [0.2, 0.25) is 10.0 Å². The van der Waals surface area contributed by atoms with Gasteiger partial charge in [0.25, 0.3) is 5.91 Å². The van der Waals surface area contributed by atoms with Gasteiger partial charge in [-0.05, 0) is 24.3 Å². The second-order valence-corrected chi connectivity index (χ2v) is 8.33. The van der Waals surface area contributed by atoms with Gasteiger partial charge in [0.1, 0.15) is 0 Å². The Labute approximate surface area is 138 Å². The Morgan fingerprint density at radius 2 is 1.95 bits per heavy atom. The zero-order chi connectivity index (χ0) is 16.3. The van der Waals surface area contributed by atoms with Crippen molar-refractivity contribution in [1.29, 1.82) is 0 Å². The molecular formula is C14H15ClN2O3S2. The van der Waals surface area contributed by atoms with Gasteiger partial charge < -0.3 is 4.90 Å². The summed E-state index contributed by atoms with van der Waals surface area (Å²) in [5, 5.41) is 0. The molecule has 22 heavy (non-hydrogen) atoms. The van der Waals surface area contributed by atoms with Crippen molar-refractivity contribution in [2.45, 2.75) is 6.54 Å². The van der Waals surface area contributed by atoms with Crippen molar-refractivity contribution in [3.05, 3.63) is 51.2 Å². The summed E-state index contributed by atoms with van der Waals surface area (Å²) in [5.41, 5.74) is 0.573. The zero-order valence-corrected chi connectivity index (χ0v) is 14.4. The number of sulfonamides is 1. The van der Waals surface area contributed by atoms with Crippen LogP contribution in [0, 0.1) is 0 Å². The summed E-state index contributed by atoms with van der Waals surface area (Å²) >= 11 is 7.28. The predicted octanol–water partition coefficient (Wildman–Crippen LogP) is 3.05. The third-order valence-corrected chi connectivity index (χ3v) is 4.63. The lowest BCUT2D eigenvalue weighted by Gasteiger charge is -2.18. The van der Waals surface area contributed by atoms with Gasteiger partial charge >= 0.3 is 0 Å². The van der Waals surface area contributed by atoms with Crippen LogP contribution in [-0.4, -0.2) is 32.5 Å². The number of carbonyl (C=O) groups is 1. The molecule has 118 valence electrons. The predicted molar refractivity (Wildman–Crippen MR) is 90.0 cm³/mol. The van der Waals surface area contributed by atoms with Crippen LogP contribution in [0.15, 0.2) is 36.4 Å². The number of anilines is 1. The molecule has 0 aliphatic heterocycles. The van der Waals surface area contributed by atoms with E-state index in [1.54, 1.807) is 37.4 Å². The quantitative estimate of drug-likeness (QED) is 0.893. The van der Waals surface area contributed by atoms with Crippen molar-refractivity contribution in [3.63, 3.8) is 0 Å². The lowest BCUT2D eigenvalue weighted by atomic mass is 10.1. The molecule has 0 fully saturated rings. The average molecular weight is 359 g/mol. The number of nitrogens with zero attached hydrogens (tertiary/aromatic N) is 1. The van der Waals surface area contributed by atoms with Gasteiger partial charge in [-0.2, -0.15) is 0 Å². The summed E-state index contributed by atoms with van der Waals surface area (Å²) in [7, 11) is -1.79. The SMILES string of the molecule is CN(Cc1ccc(Cl)s1)C(=O)c1ccccc1NS(C)(=O)=O. The van der Waals surface area contributed by atoms with Gasteiger partial charge in [0, 0.05) is 11.9 Å². The highest BCUT2D eigenvalue weighted by Crippen LogP contribution is 2.24. The minimum atomic E-state index is -3.45. The largest absolute Gasteiger partial charge is 0.336 e. The zero-order valence-electron chi connectivity index (χ0n) is 12.0. The number of halogens is 1. The normalized spacial score (nSPS) is 11.2. The standard InChI is InChI=1S/C14H15ClN2O3S2/c1-17(9-10-7-8-13(15)21-10)14(18)11-5-3-4-6-12(11)16-22(2,19)20/h3-8,16H,9H2,1-2H3. The van der Waals surface area contributed by atoms with Crippen molar-refractivity contribution >= 4 is 44.6 Å². The van der Waals surface area contributed by atoms with Gasteiger partial charge in [-0.25, -0.2) is 8.42 Å². The Morgan fingerprint density at radius 3 is 2.55 bits per heavy atom. The molecule has 8 heteroatoms. The molecule has 0 aliphatic carbocycles. The van der Waals surface area contributed by atoms with Crippen LogP contribution in [0.25, 0.3) is 0 Å². The first-order valence-electron chi connectivity index (χ1n) is 6.33. The monoisotopic (exact) mass is 358 g/mol. The molecule has 0 radical (unpaired) electrons. The Balaban J connectivity index is 2.21. The number of rotatable bonds is 5. The lowest BCUT2D eigenvalue weighted by Crippen LogP contribution is -2.27. The average Bonchev–Trinajstić information content (AvgIpc) is 2.82. The smallest absolute Gasteiger partial charge is 0.256 e. The highest BCUT2D eigenvalue weighted by molar-refractivity contribution is 7.92. The molecule has 1 aromatic carbocycles. The van der Waals surface area contributed by atoms with Crippen LogP contribution >= 0.6 is 22.9 Å². The van der Waals surface area contributed by atoms with Crippen LogP contribution in [-0.2, 0) is 16.6 Å². The Hall–Kier alpha value is -1.57. The number of thiophene rings is 1. The van der Waals surface area contributed by atoms with Crippen LogP contribution in [0.2, 0.25) is 4.34 Å². The molecule has 1 aromatic heterocycles. The number of para-hydroxylation sites is 1. The number of nitrogens with one attached hydrogen (secondary N) is 1. The molecule has 1 heterocycles. The molecule has 0 bridgehead atoms. The maximum atomic E-state index is 12.5.